The van der Waals surface area contributed by atoms with E-state index in [9.17, 15) is 0 Å². The molecule has 0 unspecified atom stereocenters. The van der Waals surface area contributed by atoms with Gasteiger partial charge in [-0.05, 0) is 36.8 Å². The molecule has 0 saturated heterocycles. The summed E-state index contributed by atoms with van der Waals surface area (Å²) in [6, 6.07) is 9.96. The molecular formula is C17H24N2OS. The lowest BCUT2D eigenvalue weighted by Gasteiger charge is -2.36. The number of hydrogen-bond acceptors (Lipinski definition) is 4. The molecule has 1 aliphatic carbocycles. The highest BCUT2D eigenvalue weighted by atomic mass is 32.2. The van der Waals surface area contributed by atoms with Crippen LogP contribution in [0.4, 0.5) is 0 Å². The van der Waals surface area contributed by atoms with E-state index >= 15 is 0 Å². The van der Waals surface area contributed by atoms with Crippen molar-refractivity contribution in [2.24, 2.45) is 0 Å². The number of nitriles is 1. The zero-order chi connectivity index (χ0) is 15.0. The fourth-order valence-corrected chi connectivity index (χ4v) is 3.85. The molecule has 2 rings (SSSR count). The monoisotopic (exact) mass is 304 g/mol. The molecule has 0 bridgehead atoms. The van der Waals surface area contributed by atoms with E-state index in [0.29, 0.717) is 4.75 Å². The first-order chi connectivity index (χ1) is 10.3. The highest BCUT2D eigenvalue weighted by Gasteiger charge is 2.30. The second-order valence-electron chi connectivity index (χ2n) is 5.64. The molecular weight excluding hydrogens is 280 g/mol. The molecule has 114 valence electrons. The standard InChI is InChI=1S/C17H24N2OS/c1-21-17(9-3-2-4-10-17)14-19-13-15-5-7-16(8-6-15)20-12-11-18/h5-8,19H,2-4,9-10,12-14H2,1H3. The third kappa shape index (κ3) is 4.94. The fraction of sp³-hybridized carbons (Fsp3) is 0.588. The molecule has 4 heteroatoms. The van der Waals surface area contributed by atoms with E-state index < -0.39 is 0 Å². The fourth-order valence-electron chi connectivity index (χ4n) is 2.90. The smallest absolute Gasteiger partial charge is 0.174 e. The van der Waals surface area contributed by atoms with Gasteiger partial charge >= 0.3 is 0 Å². The van der Waals surface area contributed by atoms with E-state index in [4.69, 9.17) is 10.00 Å². The highest BCUT2D eigenvalue weighted by molar-refractivity contribution is 8.00. The molecule has 1 saturated carbocycles. The first kappa shape index (κ1) is 16.2. The molecule has 1 fully saturated rings. The summed E-state index contributed by atoms with van der Waals surface area (Å²) in [5.74, 6) is 0.758. The van der Waals surface area contributed by atoms with E-state index in [2.05, 4.69) is 23.7 Å². The second kappa shape index (κ2) is 8.31. The number of nitrogens with one attached hydrogen (secondary N) is 1. The number of benzene rings is 1. The number of nitrogens with zero attached hydrogens (tertiary/aromatic N) is 1. The van der Waals surface area contributed by atoms with Gasteiger partial charge in [-0.3, -0.25) is 0 Å². The Morgan fingerprint density at radius 3 is 2.57 bits per heavy atom. The van der Waals surface area contributed by atoms with Crippen molar-refractivity contribution < 1.29 is 4.74 Å². The summed E-state index contributed by atoms with van der Waals surface area (Å²) >= 11 is 2.03. The lowest BCUT2D eigenvalue weighted by Crippen LogP contribution is -2.39. The third-order valence-corrected chi connectivity index (χ3v) is 5.62. The van der Waals surface area contributed by atoms with E-state index in [1.165, 1.54) is 37.7 Å². The maximum absolute atomic E-state index is 8.48. The molecule has 1 aromatic rings. The van der Waals surface area contributed by atoms with Crippen molar-refractivity contribution in [3.05, 3.63) is 29.8 Å². The number of ether oxygens (including phenoxy) is 1. The summed E-state index contributed by atoms with van der Waals surface area (Å²) in [6.07, 6.45) is 9.05. The zero-order valence-corrected chi connectivity index (χ0v) is 13.5. The quantitative estimate of drug-likeness (QED) is 0.833. The van der Waals surface area contributed by atoms with Crippen molar-refractivity contribution in [2.75, 3.05) is 19.4 Å². The van der Waals surface area contributed by atoms with Crippen molar-refractivity contribution in [1.82, 2.24) is 5.32 Å². The molecule has 0 radical (unpaired) electrons. The Balaban J connectivity index is 1.78. The molecule has 0 aliphatic heterocycles. The summed E-state index contributed by atoms with van der Waals surface area (Å²) in [6.45, 7) is 2.08. The molecule has 0 aromatic heterocycles. The average Bonchev–Trinajstić information content (AvgIpc) is 2.55. The Morgan fingerprint density at radius 2 is 1.95 bits per heavy atom. The van der Waals surface area contributed by atoms with Crippen LogP contribution in [0.3, 0.4) is 0 Å². The van der Waals surface area contributed by atoms with E-state index in [-0.39, 0.29) is 6.61 Å². The largest absolute Gasteiger partial charge is 0.479 e. The van der Waals surface area contributed by atoms with Crippen LogP contribution in [0.15, 0.2) is 24.3 Å². The van der Waals surface area contributed by atoms with E-state index in [0.717, 1.165) is 18.8 Å². The summed E-state index contributed by atoms with van der Waals surface area (Å²) in [5, 5.41) is 12.1. The summed E-state index contributed by atoms with van der Waals surface area (Å²) in [4.78, 5) is 0. The first-order valence-electron chi connectivity index (χ1n) is 7.63. The molecule has 0 spiro atoms. The summed E-state index contributed by atoms with van der Waals surface area (Å²) in [7, 11) is 0. The highest BCUT2D eigenvalue weighted by Crippen LogP contribution is 2.37. The predicted octanol–water partition coefficient (Wildman–Crippen LogP) is 3.74. The Morgan fingerprint density at radius 1 is 1.24 bits per heavy atom. The molecule has 1 aromatic carbocycles. The molecule has 0 heterocycles. The van der Waals surface area contributed by atoms with Crippen LogP contribution in [-0.4, -0.2) is 24.2 Å². The van der Waals surface area contributed by atoms with Gasteiger partial charge in [-0.25, -0.2) is 0 Å². The summed E-state index contributed by atoms with van der Waals surface area (Å²) < 4.78 is 5.70. The predicted molar refractivity (Wildman–Crippen MR) is 88.6 cm³/mol. The van der Waals surface area contributed by atoms with Gasteiger partial charge in [0.2, 0.25) is 0 Å². The van der Waals surface area contributed by atoms with Crippen LogP contribution >= 0.6 is 11.8 Å². The first-order valence-corrected chi connectivity index (χ1v) is 8.85. The Kier molecular flexibility index (Phi) is 6.41. The second-order valence-corrected chi connectivity index (χ2v) is 6.92. The minimum absolute atomic E-state index is 0.105. The van der Waals surface area contributed by atoms with Gasteiger partial charge in [0, 0.05) is 17.8 Å². The minimum Gasteiger partial charge on any atom is -0.479 e. The average molecular weight is 304 g/mol. The molecule has 0 amide bonds. The van der Waals surface area contributed by atoms with Crippen molar-refractivity contribution in [1.29, 1.82) is 5.26 Å². The van der Waals surface area contributed by atoms with Crippen LogP contribution < -0.4 is 10.1 Å². The van der Waals surface area contributed by atoms with Gasteiger partial charge in [-0.2, -0.15) is 17.0 Å². The number of rotatable bonds is 7. The third-order valence-electron chi connectivity index (χ3n) is 4.20. The van der Waals surface area contributed by atoms with Gasteiger partial charge in [0.15, 0.2) is 6.61 Å². The van der Waals surface area contributed by atoms with Crippen LogP contribution in [0.1, 0.15) is 37.7 Å². The minimum atomic E-state index is 0.105. The number of thioether (sulfide) groups is 1. The summed E-state index contributed by atoms with van der Waals surface area (Å²) in [5.41, 5.74) is 1.26. The molecule has 1 aliphatic rings. The molecule has 3 nitrogen and oxygen atoms in total. The van der Waals surface area contributed by atoms with Gasteiger partial charge in [-0.1, -0.05) is 31.4 Å². The van der Waals surface area contributed by atoms with Crippen LogP contribution in [-0.2, 0) is 6.54 Å². The van der Waals surface area contributed by atoms with Gasteiger partial charge in [0.25, 0.3) is 0 Å². The zero-order valence-electron chi connectivity index (χ0n) is 12.7. The van der Waals surface area contributed by atoms with Gasteiger partial charge in [-0.15, -0.1) is 0 Å². The van der Waals surface area contributed by atoms with Crippen LogP contribution in [0.5, 0.6) is 5.75 Å². The Labute approximate surface area is 132 Å². The lowest BCUT2D eigenvalue weighted by molar-refractivity contribution is 0.367. The molecule has 21 heavy (non-hydrogen) atoms. The van der Waals surface area contributed by atoms with Crippen LogP contribution in [0, 0.1) is 11.3 Å². The van der Waals surface area contributed by atoms with E-state index in [1.807, 2.05) is 30.0 Å². The topological polar surface area (TPSA) is 45.0 Å². The van der Waals surface area contributed by atoms with Crippen molar-refractivity contribution in [3.63, 3.8) is 0 Å². The van der Waals surface area contributed by atoms with Gasteiger partial charge < -0.3 is 10.1 Å². The van der Waals surface area contributed by atoms with Gasteiger partial charge in [0.05, 0.1) is 0 Å². The maximum atomic E-state index is 8.48. The molecule has 0 atom stereocenters. The SMILES string of the molecule is CSC1(CNCc2ccc(OCC#N)cc2)CCCCC1. The van der Waals surface area contributed by atoms with E-state index in [1.54, 1.807) is 0 Å². The van der Waals surface area contributed by atoms with Crippen molar-refractivity contribution in [3.8, 4) is 11.8 Å². The van der Waals surface area contributed by atoms with Gasteiger partial charge in [0.1, 0.15) is 11.8 Å². The van der Waals surface area contributed by atoms with Crippen molar-refractivity contribution in [2.45, 2.75) is 43.4 Å². The van der Waals surface area contributed by atoms with Crippen LogP contribution in [0.2, 0.25) is 0 Å². The maximum Gasteiger partial charge on any atom is 0.174 e. The normalized spacial score (nSPS) is 17.1. The molecule has 1 N–H and O–H groups in total. The van der Waals surface area contributed by atoms with Crippen molar-refractivity contribution >= 4 is 11.8 Å². The number of hydrogen-bond donors (Lipinski definition) is 1. The van der Waals surface area contributed by atoms with Crippen LogP contribution in [0.25, 0.3) is 0 Å². The Hall–Kier alpha value is -1.18. The Bertz CT molecular complexity index is 461. The lowest BCUT2D eigenvalue weighted by atomic mass is 9.88.